The minimum absolute atomic E-state index is 0.237. The Morgan fingerprint density at radius 3 is 2.36 bits per heavy atom. The lowest BCUT2D eigenvalue weighted by Gasteiger charge is -2.21. The zero-order valence-electron chi connectivity index (χ0n) is 9.81. The largest absolute Gasteiger partial charge is 0.448 e. The van der Waals surface area contributed by atoms with Crippen LogP contribution in [0.15, 0.2) is 0 Å². The molecule has 0 saturated heterocycles. The van der Waals surface area contributed by atoms with Crippen LogP contribution < -0.4 is 10.6 Å². The standard InChI is InChI=1S/C10H22N2O2/c1-6-8(11-5)7-14-9(13)12-10(2,3)4/h8,11H,6-7H2,1-5H3,(H,12,13). The van der Waals surface area contributed by atoms with E-state index in [1.807, 2.05) is 34.7 Å². The van der Waals surface area contributed by atoms with Gasteiger partial charge in [0.2, 0.25) is 0 Å². The van der Waals surface area contributed by atoms with Crippen LogP contribution >= 0.6 is 0 Å². The predicted octanol–water partition coefficient (Wildman–Crippen LogP) is 1.51. The van der Waals surface area contributed by atoms with E-state index in [2.05, 4.69) is 10.6 Å². The van der Waals surface area contributed by atoms with Crippen LogP contribution in [0.3, 0.4) is 0 Å². The fraction of sp³-hybridized carbons (Fsp3) is 0.900. The molecule has 1 atom stereocenters. The quantitative estimate of drug-likeness (QED) is 0.726. The highest BCUT2D eigenvalue weighted by Gasteiger charge is 2.15. The Labute approximate surface area is 86.4 Å². The molecule has 0 aromatic heterocycles. The van der Waals surface area contributed by atoms with E-state index in [-0.39, 0.29) is 17.7 Å². The average Bonchev–Trinajstić information content (AvgIpc) is 2.03. The smallest absolute Gasteiger partial charge is 0.407 e. The molecular weight excluding hydrogens is 180 g/mol. The van der Waals surface area contributed by atoms with E-state index in [4.69, 9.17) is 4.74 Å². The molecule has 0 aliphatic heterocycles. The van der Waals surface area contributed by atoms with Gasteiger partial charge < -0.3 is 15.4 Å². The molecule has 4 heteroatoms. The first-order valence-corrected chi connectivity index (χ1v) is 5.01. The molecule has 0 radical (unpaired) electrons. The van der Waals surface area contributed by atoms with Crippen LogP contribution in [0.2, 0.25) is 0 Å². The Bertz CT molecular complexity index is 171. The van der Waals surface area contributed by atoms with Crippen molar-refractivity contribution in [2.45, 2.75) is 45.7 Å². The molecule has 1 amide bonds. The Balaban J connectivity index is 3.74. The number of nitrogens with one attached hydrogen (secondary N) is 2. The van der Waals surface area contributed by atoms with E-state index in [0.29, 0.717) is 6.61 Å². The lowest BCUT2D eigenvalue weighted by molar-refractivity contribution is 0.126. The van der Waals surface area contributed by atoms with Crippen molar-refractivity contribution in [2.75, 3.05) is 13.7 Å². The highest BCUT2D eigenvalue weighted by atomic mass is 16.5. The summed E-state index contributed by atoms with van der Waals surface area (Å²) in [6.07, 6.45) is 0.588. The molecular formula is C10H22N2O2. The maximum absolute atomic E-state index is 11.2. The van der Waals surface area contributed by atoms with Crippen molar-refractivity contribution in [3.05, 3.63) is 0 Å². The van der Waals surface area contributed by atoms with Crippen LogP contribution in [0, 0.1) is 0 Å². The maximum Gasteiger partial charge on any atom is 0.407 e. The third-order valence-electron chi connectivity index (χ3n) is 1.79. The molecule has 0 aromatic rings. The predicted molar refractivity (Wildman–Crippen MR) is 57.4 cm³/mol. The van der Waals surface area contributed by atoms with Crippen molar-refractivity contribution in [3.8, 4) is 0 Å². The highest BCUT2D eigenvalue weighted by Crippen LogP contribution is 1.99. The molecule has 0 bridgehead atoms. The van der Waals surface area contributed by atoms with Crippen molar-refractivity contribution in [1.29, 1.82) is 0 Å². The zero-order chi connectivity index (χ0) is 11.2. The summed E-state index contributed by atoms with van der Waals surface area (Å²) < 4.78 is 5.05. The third kappa shape index (κ3) is 6.71. The Morgan fingerprint density at radius 1 is 1.43 bits per heavy atom. The molecule has 0 aliphatic carbocycles. The van der Waals surface area contributed by atoms with Crippen LogP contribution in [-0.2, 0) is 4.74 Å². The number of rotatable bonds is 4. The molecule has 1 unspecified atom stereocenters. The van der Waals surface area contributed by atoms with Crippen molar-refractivity contribution >= 4 is 6.09 Å². The van der Waals surface area contributed by atoms with Gasteiger partial charge in [-0.1, -0.05) is 6.92 Å². The van der Waals surface area contributed by atoms with Crippen LogP contribution in [0.4, 0.5) is 4.79 Å². The molecule has 84 valence electrons. The first kappa shape index (κ1) is 13.2. The Morgan fingerprint density at radius 2 is 2.00 bits per heavy atom. The van der Waals surface area contributed by atoms with Crippen LogP contribution in [0.1, 0.15) is 34.1 Å². The van der Waals surface area contributed by atoms with Crippen LogP contribution in [-0.4, -0.2) is 31.3 Å². The van der Waals surface area contributed by atoms with Crippen molar-refractivity contribution in [2.24, 2.45) is 0 Å². The first-order valence-electron chi connectivity index (χ1n) is 5.01. The van der Waals surface area contributed by atoms with E-state index in [1.54, 1.807) is 0 Å². The second-order valence-electron chi connectivity index (χ2n) is 4.37. The molecule has 4 nitrogen and oxygen atoms in total. The molecule has 0 aliphatic rings. The number of alkyl carbamates (subject to hydrolysis) is 1. The van der Waals surface area contributed by atoms with Crippen LogP contribution in [0.5, 0.6) is 0 Å². The summed E-state index contributed by atoms with van der Waals surface area (Å²) in [5, 5.41) is 5.80. The van der Waals surface area contributed by atoms with Crippen LogP contribution in [0.25, 0.3) is 0 Å². The van der Waals surface area contributed by atoms with E-state index >= 15 is 0 Å². The number of likely N-dealkylation sites (N-methyl/N-ethyl adjacent to an activating group) is 1. The summed E-state index contributed by atoms with van der Waals surface area (Å²) in [5.74, 6) is 0. The third-order valence-corrected chi connectivity index (χ3v) is 1.79. The fourth-order valence-corrected chi connectivity index (χ4v) is 0.924. The van der Waals surface area contributed by atoms with Gasteiger partial charge in [-0.25, -0.2) is 4.79 Å². The summed E-state index contributed by atoms with van der Waals surface area (Å²) in [6.45, 7) is 8.22. The summed E-state index contributed by atoms with van der Waals surface area (Å²) in [5.41, 5.74) is -0.238. The zero-order valence-corrected chi connectivity index (χ0v) is 9.81. The van der Waals surface area contributed by atoms with Gasteiger partial charge in [0.15, 0.2) is 0 Å². The van der Waals surface area contributed by atoms with E-state index in [9.17, 15) is 4.79 Å². The normalized spacial score (nSPS) is 13.5. The molecule has 0 saturated carbocycles. The van der Waals surface area contributed by atoms with Crippen molar-refractivity contribution in [3.63, 3.8) is 0 Å². The molecule has 2 N–H and O–H groups in total. The van der Waals surface area contributed by atoms with E-state index in [0.717, 1.165) is 6.42 Å². The molecule has 0 rings (SSSR count). The Hall–Kier alpha value is -0.770. The van der Waals surface area contributed by atoms with Gasteiger partial charge in [-0.15, -0.1) is 0 Å². The van der Waals surface area contributed by atoms with Gasteiger partial charge in [0, 0.05) is 11.6 Å². The molecule has 0 heterocycles. The van der Waals surface area contributed by atoms with Gasteiger partial charge in [-0.05, 0) is 34.2 Å². The fourth-order valence-electron chi connectivity index (χ4n) is 0.924. The number of amides is 1. The topological polar surface area (TPSA) is 50.4 Å². The summed E-state index contributed by atoms with van der Waals surface area (Å²) >= 11 is 0. The van der Waals surface area contributed by atoms with Gasteiger partial charge in [0.1, 0.15) is 6.61 Å². The second-order valence-corrected chi connectivity index (χ2v) is 4.37. The van der Waals surface area contributed by atoms with Gasteiger partial charge >= 0.3 is 6.09 Å². The number of carbonyl (C=O) groups is 1. The molecule has 0 fully saturated rings. The van der Waals surface area contributed by atoms with Gasteiger partial charge in [-0.3, -0.25) is 0 Å². The van der Waals surface area contributed by atoms with E-state index < -0.39 is 0 Å². The lowest BCUT2D eigenvalue weighted by atomic mass is 10.1. The summed E-state index contributed by atoms with van der Waals surface area (Å²) in [6, 6.07) is 0.237. The lowest BCUT2D eigenvalue weighted by Crippen LogP contribution is -2.42. The number of hydrogen-bond donors (Lipinski definition) is 2. The van der Waals surface area contributed by atoms with Crippen molar-refractivity contribution < 1.29 is 9.53 Å². The van der Waals surface area contributed by atoms with Gasteiger partial charge in [0.25, 0.3) is 0 Å². The molecule has 14 heavy (non-hydrogen) atoms. The number of carbonyl (C=O) groups excluding carboxylic acids is 1. The summed E-state index contributed by atoms with van der Waals surface area (Å²) in [4.78, 5) is 11.2. The average molecular weight is 202 g/mol. The second kappa shape index (κ2) is 5.86. The molecule has 0 aromatic carbocycles. The van der Waals surface area contributed by atoms with E-state index in [1.165, 1.54) is 0 Å². The minimum atomic E-state index is -0.355. The first-order chi connectivity index (χ1) is 6.39. The number of hydrogen-bond acceptors (Lipinski definition) is 3. The number of ether oxygens (including phenoxy) is 1. The minimum Gasteiger partial charge on any atom is -0.448 e. The van der Waals surface area contributed by atoms with Gasteiger partial charge in [-0.2, -0.15) is 0 Å². The van der Waals surface area contributed by atoms with Gasteiger partial charge in [0.05, 0.1) is 0 Å². The molecule has 0 spiro atoms. The summed E-state index contributed by atoms with van der Waals surface area (Å²) in [7, 11) is 1.86. The highest BCUT2D eigenvalue weighted by molar-refractivity contribution is 5.68. The Kier molecular flexibility index (Phi) is 5.53. The monoisotopic (exact) mass is 202 g/mol. The maximum atomic E-state index is 11.2. The van der Waals surface area contributed by atoms with Crippen molar-refractivity contribution in [1.82, 2.24) is 10.6 Å². The SMILES string of the molecule is CCC(COC(=O)NC(C)(C)C)NC.